The molecule has 6 heteroatoms. The Morgan fingerprint density at radius 3 is 2.77 bits per heavy atom. The highest BCUT2D eigenvalue weighted by Gasteiger charge is 2.08. The molecule has 1 N–H and O–H groups in total. The van der Waals surface area contributed by atoms with Gasteiger partial charge in [-0.1, -0.05) is 47.8 Å². The predicted octanol–water partition coefficient (Wildman–Crippen LogP) is 2.04. The number of hydrogen-bond donors (Lipinski definition) is 1. The average Bonchev–Trinajstić information content (AvgIpc) is 2.52. The average molecular weight is 311 g/mol. The molecule has 4 nitrogen and oxygen atoms in total. The zero-order valence-corrected chi connectivity index (χ0v) is 10.3. The number of rotatable bonds is 3. The van der Waals surface area contributed by atoms with Gasteiger partial charge >= 0.3 is 0 Å². The van der Waals surface area contributed by atoms with Crippen LogP contribution in [0.2, 0.25) is 0 Å². The summed E-state index contributed by atoms with van der Waals surface area (Å²) in [6, 6.07) is 0. The molecule has 0 spiro atoms. The molecule has 0 aliphatic rings. The second-order valence-electron chi connectivity index (χ2n) is 2.78. The van der Waals surface area contributed by atoms with E-state index in [-0.39, 0.29) is 5.91 Å². The first-order valence-electron chi connectivity index (χ1n) is 3.82. The molecule has 0 aromatic carbocycles. The second-order valence-corrected chi connectivity index (χ2v) is 4.55. The molecule has 0 fully saturated rings. The summed E-state index contributed by atoms with van der Waals surface area (Å²) in [5.41, 5.74) is 0. The molecule has 0 saturated heterocycles. The van der Waals surface area contributed by atoms with Crippen molar-refractivity contribution in [1.82, 2.24) is 10.2 Å². The third kappa shape index (κ3) is 3.18. The van der Waals surface area contributed by atoms with Crippen LogP contribution in [0.1, 0.15) is 24.8 Å². The minimum Gasteiger partial charge on any atom is -0.300 e. The monoisotopic (exact) mass is 311 g/mol. The van der Waals surface area contributed by atoms with Gasteiger partial charge in [-0.15, -0.1) is 10.2 Å². The molecule has 1 amide bonds. The van der Waals surface area contributed by atoms with Gasteiger partial charge in [0, 0.05) is 5.92 Å². The Hall–Kier alpha value is -0.240. The van der Waals surface area contributed by atoms with Crippen molar-refractivity contribution in [2.45, 2.75) is 19.8 Å². The van der Waals surface area contributed by atoms with Crippen LogP contribution in [-0.2, 0) is 4.79 Å². The summed E-state index contributed by atoms with van der Waals surface area (Å²) in [4.78, 5) is 11.0. The van der Waals surface area contributed by atoms with Crippen LogP contribution >= 0.6 is 33.9 Å². The van der Waals surface area contributed by atoms with Gasteiger partial charge in [0.2, 0.25) is 11.0 Å². The van der Waals surface area contributed by atoms with Crippen LogP contribution in [0.3, 0.4) is 0 Å². The van der Waals surface area contributed by atoms with Gasteiger partial charge in [-0.3, -0.25) is 10.1 Å². The molecular weight excluding hydrogens is 301 g/mol. The van der Waals surface area contributed by atoms with Gasteiger partial charge in [0.05, 0.1) is 4.43 Å². The molecule has 0 atom stereocenters. The van der Waals surface area contributed by atoms with Crippen LogP contribution in [0.4, 0.5) is 5.13 Å². The van der Waals surface area contributed by atoms with E-state index in [2.05, 4.69) is 15.5 Å². The fraction of sp³-hybridized carbons (Fsp3) is 0.571. The molecule has 0 aliphatic heterocycles. The van der Waals surface area contributed by atoms with Crippen LogP contribution in [-0.4, -0.2) is 20.5 Å². The maximum Gasteiger partial charge on any atom is 0.236 e. The van der Waals surface area contributed by atoms with E-state index in [4.69, 9.17) is 0 Å². The topological polar surface area (TPSA) is 54.9 Å². The quantitative estimate of drug-likeness (QED) is 0.686. The number of carbonyl (C=O) groups excluding carboxylic acids is 1. The summed E-state index contributed by atoms with van der Waals surface area (Å²) < 4.78 is 0.439. The molecule has 0 saturated carbocycles. The maximum atomic E-state index is 11.0. The molecular formula is C7H10IN3OS. The summed E-state index contributed by atoms with van der Waals surface area (Å²) >= 11 is 3.43. The van der Waals surface area contributed by atoms with Crippen molar-refractivity contribution in [3.8, 4) is 0 Å². The van der Waals surface area contributed by atoms with Gasteiger partial charge in [0.15, 0.2) is 0 Å². The lowest BCUT2D eigenvalue weighted by Crippen LogP contribution is -2.11. The lowest BCUT2D eigenvalue weighted by atomic mass is 10.2. The molecule has 0 radical (unpaired) electrons. The number of aromatic nitrogens is 2. The van der Waals surface area contributed by atoms with E-state index >= 15 is 0 Å². The van der Waals surface area contributed by atoms with E-state index in [0.717, 1.165) is 5.01 Å². The summed E-state index contributed by atoms with van der Waals surface area (Å²) in [6.07, 6.45) is 0. The minimum absolute atomic E-state index is 0.0351. The molecule has 72 valence electrons. The SMILES string of the molecule is CC(C)c1nnc(NC(=O)CI)s1. The first-order chi connectivity index (χ1) is 6.13. The predicted molar refractivity (Wildman–Crippen MR) is 61.5 cm³/mol. The first-order valence-corrected chi connectivity index (χ1v) is 6.17. The lowest BCUT2D eigenvalue weighted by molar-refractivity contribution is -0.113. The van der Waals surface area contributed by atoms with Gasteiger partial charge in [-0.2, -0.15) is 0 Å². The van der Waals surface area contributed by atoms with E-state index in [1.54, 1.807) is 0 Å². The van der Waals surface area contributed by atoms with Gasteiger partial charge < -0.3 is 0 Å². The van der Waals surface area contributed by atoms with E-state index in [1.807, 2.05) is 36.4 Å². The third-order valence-corrected chi connectivity index (χ3v) is 3.13. The number of halogens is 1. The van der Waals surface area contributed by atoms with Gasteiger partial charge in [0.25, 0.3) is 0 Å². The Kier molecular flexibility index (Phi) is 4.04. The summed E-state index contributed by atoms with van der Waals surface area (Å²) in [5, 5.41) is 12.0. The molecule has 1 aromatic rings. The fourth-order valence-corrected chi connectivity index (χ4v) is 1.62. The number of hydrogen-bond acceptors (Lipinski definition) is 4. The van der Waals surface area contributed by atoms with Crippen molar-refractivity contribution in [3.05, 3.63) is 5.01 Å². The zero-order valence-electron chi connectivity index (χ0n) is 7.37. The highest BCUT2D eigenvalue weighted by molar-refractivity contribution is 14.1. The van der Waals surface area contributed by atoms with Gasteiger partial charge in [-0.05, 0) is 0 Å². The van der Waals surface area contributed by atoms with Crippen molar-refractivity contribution in [3.63, 3.8) is 0 Å². The lowest BCUT2D eigenvalue weighted by Gasteiger charge is -1.95. The van der Waals surface area contributed by atoms with Crippen molar-refractivity contribution >= 4 is 45.0 Å². The molecule has 0 aliphatic carbocycles. The second kappa shape index (κ2) is 4.85. The van der Waals surface area contributed by atoms with E-state index in [0.29, 0.717) is 15.5 Å². The normalized spacial score (nSPS) is 10.5. The van der Waals surface area contributed by atoms with Gasteiger partial charge in [-0.25, -0.2) is 0 Å². The van der Waals surface area contributed by atoms with Crippen molar-refractivity contribution in [2.75, 3.05) is 9.74 Å². The van der Waals surface area contributed by atoms with Crippen molar-refractivity contribution in [1.29, 1.82) is 0 Å². The molecule has 1 heterocycles. The van der Waals surface area contributed by atoms with Crippen LogP contribution in [0.15, 0.2) is 0 Å². The molecule has 13 heavy (non-hydrogen) atoms. The highest BCUT2D eigenvalue weighted by atomic mass is 127. The summed E-state index contributed by atoms with van der Waals surface area (Å²) in [6.45, 7) is 4.09. The molecule has 1 rings (SSSR count). The molecule has 0 bridgehead atoms. The van der Waals surface area contributed by atoms with Crippen molar-refractivity contribution in [2.24, 2.45) is 0 Å². The number of anilines is 1. The third-order valence-electron chi connectivity index (χ3n) is 1.30. The zero-order chi connectivity index (χ0) is 9.84. The first kappa shape index (κ1) is 10.8. The Morgan fingerprint density at radius 1 is 1.62 bits per heavy atom. The number of nitrogens with one attached hydrogen (secondary N) is 1. The van der Waals surface area contributed by atoms with Crippen LogP contribution in [0.25, 0.3) is 0 Å². The van der Waals surface area contributed by atoms with E-state index < -0.39 is 0 Å². The smallest absolute Gasteiger partial charge is 0.236 e. The van der Waals surface area contributed by atoms with Crippen LogP contribution < -0.4 is 5.32 Å². The largest absolute Gasteiger partial charge is 0.300 e. The Balaban J connectivity index is 2.64. The summed E-state index contributed by atoms with van der Waals surface area (Å²) in [5.74, 6) is 0.329. The Bertz CT molecular complexity index is 300. The Morgan fingerprint density at radius 2 is 2.31 bits per heavy atom. The number of carbonyl (C=O) groups is 1. The summed E-state index contributed by atoms with van der Waals surface area (Å²) in [7, 11) is 0. The van der Waals surface area contributed by atoms with E-state index in [1.165, 1.54) is 11.3 Å². The number of nitrogens with zero attached hydrogens (tertiary/aromatic N) is 2. The highest BCUT2D eigenvalue weighted by Crippen LogP contribution is 2.22. The number of amides is 1. The van der Waals surface area contributed by atoms with Gasteiger partial charge in [0.1, 0.15) is 5.01 Å². The minimum atomic E-state index is -0.0351. The standard InChI is InChI=1S/C7H10IN3OS/c1-4(2)6-10-11-7(13-6)9-5(12)3-8/h4H,3H2,1-2H3,(H,9,11,12). The molecule has 1 aromatic heterocycles. The van der Waals surface area contributed by atoms with Crippen LogP contribution in [0, 0.1) is 0 Å². The number of alkyl halides is 1. The maximum absolute atomic E-state index is 11.0. The van der Waals surface area contributed by atoms with Crippen molar-refractivity contribution < 1.29 is 4.79 Å². The van der Waals surface area contributed by atoms with Crippen LogP contribution in [0.5, 0.6) is 0 Å². The Labute approximate surface area is 94.3 Å². The van der Waals surface area contributed by atoms with E-state index in [9.17, 15) is 4.79 Å². The molecule has 0 unspecified atom stereocenters. The fourth-order valence-electron chi connectivity index (χ4n) is 0.671.